The molecule has 4 heteroatoms. The molecule has 0 aliphatic carbocycles. The molecule has 1 aliphatic rings. The van der Waals surface area contributed by atoms with Gasteiger partial charge < -0.3 is 14.3 Å². The molecule has 1 aliphatic heterocycles. The highest BCUT2D eigenvalue weighted by Crippen LogP contribution is 2.38. The number of hydrogen-bond acceptors (Lipinski definition) is 3. The van der Waals surface area contributed by atoms with Crippen LogP contribution < -0.4 is 4.74 Å². The van der Waals surface area contributed by atoms with E-state index < -0.39 is 0 Å². The van der Waals surface area contributed by atoms with Crippen molar-refractivity contribution in [1.29, 1.82) is 0 Å². The first-order valence-electron chi connectivity index (χ1n) is 5.91. The van der Waals surface area contributed by atoms with E-state index in [0.717, 1.165) is 5.56 Å². The Morgan fingerprint density at radius 3 is 3.00 bits per heavy atom. The van der Waals surface area contributed by atoms with Gasteiger partial charge in [0, 0.05) is 0 Å². The topological polar surface area (TPSA) is 42.6 Å². The highest BCUT2D eigenvalue weighted by molar-refractivity contribution is 5.68. The van der Waals surface area contributed by atoms with E-state index in [2.05, 4.69) is 0 Å². The van der Waals surface area contributed by atoms with Gasteiger partial charge in [-0.05, 0) is 42.7 Å². The van der Waals surface area contributed by atoms with Crippen molar-refractivity contribution in [1.82, 2.24) is 0 Å². The predicted molar refractivity (Wildman–Crippen MR) is 63.9 cm³/mol. The Bertz CT molecular complexity index is 548. The smallest absolute Gasteiger partial charge is 0.137 e. The van der Waals surface area contributed by atoms with Crippen molar-refractivity contribution in [2.24, 2.45) is 0 Å². The van der Waals surface area contributed by atoms with Gasteiger partial charge in [-0.1, -0.05) is 0 Å². The molecular formula is C14H13FO3. The number of aliphatic hydroxyl groups excluding tert-OH is 1. The standard InChI is InChI=1S/C14H13FO3/c15-10-6-9-3-4-11(8-16)18-14(9)12(7-10)13-2-1-5-17-13/h1-2,5-7,11,16H,3-4,8H2. The largest absolute Gasteiger partial charge is 0.487 e. The molecule has 0 fully saturated rings. The summed E-state index contributed by atoms with van der Waals surface area (Å²) in [6, 6.07) is 6.40. The predicted octanol–water partition coefficient (Wildman–Crippen LogP) is 2.77. The van der Waals surface area contributed by atoms with E-state index >= 15 is 0 Å². The molecule has 1 N–H and O–H groups in total. The second kappa shape index (κ2) is 4.46. The molecule has 0 radical (unpaired) electrons. The van der Waals surface area contributed by atoms with Crippen LogP contribution in [-0.2, 0) is 6.42 Å². The number of furan rings is 1. The summed E-state index contributed by atoms with van der Waals surface area (Å²) in [7, 11) is 0. The quantitative estimate of drug-likeness (QED) is 0.888. The Morgan fingerprint density at radius 1 is 1.39 bits per heavy atom. The van der Waals surface area contributed by atoms with Crippen LogP contribution in [0.5, 0.6) is 5.75 Å². The zero-order chi connectivity index (χ0) is 12.5. The van der Waals surface area contributed by atoms with E-state index in [1.165, 1.54) is 12.1 Å². The molecule has 1 aromatic carbocycles. The summed E-state index contributed by atoms with van der Waals surface area (Å²) in [4.78, 5) is 0. The van der Waals surface area contributed by atoms with Crippen LogP contribution in [0.3, 0.4) is 0 Å². The van der Waals surface area contributed by atoms with Crippen LogP contribution in [0.1, 0.15) is 12.0 Å². The van der Waals surface area contributed by atoms with Crippen molar-refractivity contribution in [2.75, 3.05) is 6.61 Å². The van der Waals surface area contributed by atoms with E-state index in [0.29, 0.717) is 29.9 Å². The number of ether oxygens (including phenoxy) is 1. The van der Waals surface area contributed by atoms with Gasteiger partial charge in [-0.15, -0.1) is 0 Å². The van der Waals surface area contributed by atoms with E-state index in [9.17, 15) is 9.50 Å². The first-order chi connectivity index (χ1) is 8.78. The third kappa shape index (κ3) is 1.88. The zero-order valence-corrected chi connectivity index (χ0v) is 9.73. The lowest BCUT2D eigenvalue weighted by Gasteiger charge is -2.26. The number of hydrogen-bond donors (Lipinski definition) is 1. The van der Waals surface area contributed by atoms with Crippen molar-refractivity contribution in [3.8, 4) is 17.1 Å². The normalized spacial score (nSPS) is 18.2. The maximum Gasteiger partial charge on any atom is 0.137 e. The maximum absolute atomic E-state index is 13.6. The van der Waals surface area contributed by atoms with Gasteiger partial charge in [-0.25, -0.2) is 4.39 Å². The highest BCUT2D eigenvalue weighted by atomic mass is 19.1. The molecular weight excluding hydrogens is 235 g/mol. The number of aryl methyl sites for hydroxylation is 1. The van der Waals surface area contributed by atoms with Crippen LogP contribution in [0.25, 0.3) is 11.3 Å². The number of rotatable bonds is 2. The molecule has 3 rings (SSSR count). The molecule has 1 unspecified atom stereocenters. The summed E-state index contributed by atoms with van der Waals surface area (Å²) < 4.78 is 24.6. The second-order valence-electron chi connectivity index (χ2n) is 4.38. The lowest BCUT2D eigenvalue weighted by atomic mass is 9.98. The van der Waals surface area contributed by atoms with Crippen molar-refractivity contribution in [2.45, 2.75) is 18.9 Å². The van der Waals surface area contributed by atoms with E-state index in [1.54, 1.807) is 18.4 Å². The average molecular weight is 248 g/mol. The Morgan fingerprint density at radius 2 is 2.28 bits per heavy atom. The SMILES string of the molecule is OCC1CCc2cc(F)cc(-c3ccco3)c2O1. The number of fused-ring (bicyclic) bond motifs is 1. The average Bonchev–Trinajstić information content (AvgIpc) is 2.91. The summed E-state index contributed by atoms with van der Waals surface area (Å²) in [5.41, 5.74) is 1.43. The van der Waals surface area contributed by atoms with E-state index in [4.69, 9.17) is 9.15 Å². The third-order valence-corrected chi connectivity index (χ3v) is 3.14. The fourth-order valence-electron chi connectivity index (χ4n) is 2.26. The summed E-state index contributed by atoms with van der Waals surface area (Å²) in [6.45, 7) is -0.0333. The van der Waals surface area contributed by atoms with Crippen LogP contribution in [-0.4, -0.2) is 17.8 Å². The molecule has 0 amide bonds. The molecule has 3 nitrogen and oxygen atoms in total. The lowest BCUT2D eigenvalue weighted by Crippen LogP contribution is -2.26. The van der Waals surface area contributed by atoms with E-state index in [1.807, 2.05) is 0 Å². The first-order valence-corrected chi connectivity index (χ1v) is 5.91. The summed E-state index contributed by atoms with van der Waals surface area (Å²) in [6.07, 6.45) is 2.71. The fourth-order valence-corrected chi connectivity index (χ4v) is 2.26. The van der Waals surface area contributed by atoms with Crippen LogP contribution in [0, 0.1) is 5.82 Å². The molecule has 94 valence electrons. The van der Waals surface area contributed by atoms with Crippen LogP contribution >= 0.6 is 0 Å². The molecule has 0 bridgehead atoms. The minimum absolute atomic E-state index is 0.0333. The fraction of sp³-hybridized carbons (Fsp3) is 0.286. The maximum atomic E-state index is 13.6. The van der Waals surface area contributed by atoms with Gasteiger partial charge in [0.2, 0.25) is 0 Å². The number of benzene rings is 1. The molecule has 1 atom stereocenters. The lowest BCUT2D eigenvalue weighted by molar-refractivity contribution is 0.0981. The first kappa shape index (κ1) is 11.3. The van der Waals surface area contributed by atoms with Crippen LogP contribution in [0.15, 0.2) is 34.9 Å². The molecule has 0 saturated carbocycles. The van der Waals surface area contributed by atoms with Crippen molar-refractivity contribution >= 4 is 0 Å². The molecule has 1 aromatic heterocycles. The summed E-state index contributed by atoms with van der Waals surface area (Å²) in [5, 5.41) is 9.17. The van der Waals surface area contributed by atoms with Gasteiger partial charge >= 0.3 is 0 Å². The molecule has 0 spiro atoms. The van der Waals surface area contributed by atoms with Crippen LogP contribution in [0.2, 0.25) is 0 Å². The van der Waals surface area contributed by atoms with Gasteiger partial charge in [-0.2, -0.15) is 0 Å². The minimum atomic E-state index is -0.300. The van der Waals surface area contributed by atoms with Gasteiger partial charge in [0.15, 0.2) is 0 Å². The summed E-state index contributed by atoms with van der Waals surface area (Å²) >= 11 is 0. The van der Waals surface area contributed by atoms with Gasteiger partial charge in [0.25, 0.3) is 0 Å². The molecule has 2 heterocycles. The molecule has 2 aromatic rings. The molecule has 0 saturated heterocycles. The van der Waals surface area contributed by atoms with Crippen molar-refractivity contribution in [3.63, 3.8) is 0 Å². The minimum Gasteiger partial charge on any atom is -0.487 e. The van der Waals surface area contributed by atoms with Gasteiger partial charge in [0.05, 0.1) is 18.4 Å². The Labute approximate surface area is 104 Å². The van der Waals surface area contributed by atoms with Gasteiger partial charge in [0.1, 0.15) is 23.4 Å². The zero-order valence-electron chi connectivity index (χ0n) is 9.73. The Balaban J connectivity index is 2.11. The summed E-state index contributed by atoms with van der Waals surface area (Å²) in [5.74, 6) is 0.896. The monoisotopic (exact) mass is 248 g/mol. The van der Waals surface area contributed by atoms with Crippen LogP contribution in [0.4, 0.5) is 4.39 Å². The number of halogens is 1. The second-order valence-corrected chi connectivity index (χ2v) is 4.38. The highest BCUT2D eigenvalue weighted by Gasteiger charge is 2.24. The van der Waals surface area contributed by atoms with E-state index in [-0.39, 0.29) is 18.5 Å². The number of aliphatic hydroxyl groups is 1. The van der Waals surface area contributed by atoms with Gasteiger partial charge in [-0.3, -0.25) is 0 Å². The van der Waals surface area contributed by atoms with Crippen molar-refractivity contribution in [3.05, 3.63) is 41.9 Å². The third-order valence-electron chi connectivity index (χ3n) is 3.14. The Hall–Kier alpha value is -1.81. The Kier molecular flexibility index (Phi) is 2.80. The molecule has 18 heavy (non-hydrogen) atoms. The van der Waals surface area contributed by atoms with Crippen molar-refractivity contribution < 1.29 is 18.7 Å².